The first kappa shape index (κ1) is 24.9. The zero-order valence-corrected chi connectivity index (χ0v) is 21.4. The zero-order valence-electron chi connectivity index (χ0n) is 19.9. The highest BCUT2D eigenvalue weighted by Gasteiger charge is 2.35. The van der Waals surface area contributed by atoms with Gasteiger partial charge in [0, 0.05) is 10.6 Å². The molecule has 0 bridgehead atoms. The van der Waals surface area contributed by atoms with E-state index in [0.717, 1.165) is 5.56 Å². The van der Waals surface area contributed by atoms with Gasteiger partial charge < -0.3 is 5.32 Å². The van der Waals surface area contributed by atoms with Gasteiger partial charge in [-0.2, -0.15) is 5.10 Å². The van der Waals surface area contributed by atoms with Crippen molar-refractivity contribution in [3.63, 3.8) is 0 Å². The summed E-state index contributed by atoms with van der Waals surface area (Å²) >= 11 is 6.08. The molecule has 37 heavy (non-hydrogen) atoms. The van der Waals surface area contributed by atoms with E-state index in [-0.39, 0.29) is 23.2 Å². The zero-order chi connectivity index (χ0) is 26.2. The van der Waals surface area contributed by atoms with Crippen LogP contribution in [0.4, 0.5) is 4.39 Å². The summed E-state index contributed by atoms with van der Waals surface area (Å²) in [4.78, 5) is 13.4. The van der Waals surface area contributed by atoms with Gasteiger partial charge in [0.05, 0.1) is 28.9 Å². The number of halogens is 2. The summed E-state index contributed by atoms with van der Waals surface area (Å²) in [6, 6.07) is 21.8. The second-order valence-electron chi connectivity index (χ2n) is 8.92. The van der Waals surface area contributed by atoms with E-state index in [2.05, 4.69) is 10.4 Å². The summed E-state index contributed by atoms with van der Waals surface area (Å²) < 4.78 is 41.0. The Balaban J connectivity index is 1.65. The Labute approximate surface area is 219 Å². The third kappa shape index (κ3) is 5.35. The molecule has 0 fully saturated rings. The van der Waals surface area contributed by atoms with Crippen molar-refractivity contribution in [3.05, 3.63) is 118 Å². The molecule has 4 aromatic rings. The number of amides is 1. The number of hydrogen-bond acceptors (Lipinski definition) is 4. The SMILES string of the molecule is C[C@@H](NC(=O)c1nn(-c2ccc(Cl)cc2)c2c1CS(=O)(=O)CC2=Cc1ccc(F)cc1)c1ccccc1. The summed E-state index contributed by atoms with van der Waals surface area (Å²) in [5.74, 6) is -1.42. The molecule has 1 N–H and O–H groups in total. The minimum atomic E-state index is -3.58. The average Bonchev–Trinajstić information content (AvgIpc) is 3.25. The normalized spacial score (nSPS) is 16.2. The summed E-state index contributed by atoms with van der Waals surface area (Å²) in [7, 11) is -3.58. The topological polar surface area (TPSA) is 81.1 Å². The number of nitrogens with one attached hydrogen (secondary N) is 1. The molecule has 2 heterocycles. The van der Waals surface area contributed by atoms with Crippen LogP contribution in [0.5, 0.6) is 0 Å². The highest BCUT2D eigenvalue weighted by atomic mass is 35.5. The smallest absolute Gasteiger partial charge is 0.272 e. The fourth-order valence-electron chi connectivity index (χ4n) is 4.40. The number of hydrogen-bond donors (Lipinski definition) is 1. The lowest BCUT2D eigenvalue weighted by molar-refractivity contribution is 0.0933. The summed E-state index contributed by atoms with van der Waals surface area (Å²) in [6.45, 7) is 1.85. The number of fused-ring (bicyclic) bond motifs is 1. The first-order valence-corrected chi connectivity index (χ1v) is 13.8. The van der Waals surface area contributed by atoms with E-state index >= 15 is 0 Å². The van der Waals surface area contributed by atoms with Gasteiger partial charge in [-0.05, 0) is 66.1 Å². The highest BCUT2D eigenvalue weighted by Crippen LogP contribution is 2.35. The standard InChI is InChI=1S/C28H23ClFN3O3S/c1-18(20-5-3-2-4-6-20)31-28(34)26-25-17-37(35,36)16-21(15-19-7-11-23(30)12-8-19)27(25)33(32-26)24-13-9-22(29)10-14-24/h2-15,18H,16-17H2,1H3,(H,31,34)/t18-/m1/s1. The Morgan fingerprint density at radius 2 is 1.70 bits per heavy atom. The van der Waals surface area contributed by atoms with Crippen LogP contribution in [-0.4, -0.2) is 29.9 Å². The second kappa shape index (κ2) is 9.95. The van der Waals surface area contributed by atoms with Gasteiger partial charge >= 0.3 is 0 Å². The number of benzene rings is 3. The minimum absolute atomic E-state index is 0.0426. The largest absolute Gasteiger partial charge is 0.344 e. The fraction of sp³-hybridized carbons (Fsp3) is 0.143. The van der Waals surface area contributed by atoms with Gasteiger partial charge in [-0.25, -0.2) is 17.5 Å². The van der Waals surface area contributed by atoms with E-state index < -0.39 is 21.6 Å². The second-order valence-corrected chi connectivity index (χ2v) is 11.4. The van der Waals surface area contributed by atoms with E-state index in [1.54, 1.807) is 47.2 Å². The van der Waals surface area contributed by atoms with Crippen LogP contribution >= 0.6 is 11.6 Å². The van der Waals surface area contributed by atoms with Crippen molar-refractivity contribution in [1.29, 1.82) is 0 Å². The molecule has 0 aliphatic carbocycles. The molecule has 0 saturated heterocycles. The summed E-state index contributed by atoms with van der Waals surface area (Å²) in [6.07, 6.45) is 1.69. The number of aromatic nitrogens is 2. The third-order valence-electron chi connectivity index (χ3n) is 6.17. The molecule has 0 radical (unpaired) electrons. The van der Waals surface area contributed by atoms with Crippen LogP contribution in [0.3, 0.4) is 0 Å². The van der Waals surface area contributed by atoms with E-state index in [1.807, 2.05) is 37.3 Å². The maximum absolute atomic E-state index is 13.5. The summed E-state index contributed by atoms with van der Waals surface area (Å²) in [5.41, 5.74) is 3.52. The lowest BCUT2D eigenvalue weighted by Gasteiger charge is -2.19. The number of rotatable bonds is 5. The molecule has 1 aliphatic rings. The molecule has 3 aromatic carbocycles. The fourth-order valence-corrected chi connectivity index (χ4v) is 6.04. The van der Waals surface area contributed by atoms with Crippen molar-refractivity contribution in [2.24, 2.45) is 0 Å². The van der Waals surface area contributed by atoms with Crippen molar-refractivity contribution in [3.8, 4) is 5.69 Å². The van der Waals surface area contributed by atoms with Gasteiger partial charge in [-0.3, -0.25) is 4.79 Å². The molecule has 6 nitrogen and oxygen atoms in total. The Bertz CT molecular complexity index is 1600. The molecule has 188 valence electrons. The van der Waals surface area contributed by atoms with Crippen LogP contribution in [0, 0.1) is 5.82 Å². The van der Waals surface area contributed by atoms with Gasteiger partial charge in [-0.1, -0.05) is 54.1 Å². The predicted octanol–water partition coefficient (Wildman–Crippen LogP) is 5.62. The Hall–Kier alpha value is -3.75. The molecule has 5 rings (SSSR count). The Kier molecular flexibility index (Phi) is 6.70. The maximum Gasteiger partial charge on any atom is 0.272 e. The quantitative estimate of drug-likeness (QED) is 0.359. The van der Waals surface area contributed by atoms with Crippen LogP contribution in [0.25, 0.3) is 17.3 Å². The lowest BCUT2D eigenvalue weighted by atomic mass is 10.0. The number of carbonyl (C=O) groups excluding carboxylic acids is 1. The van der Waals surface area contributed by atoms with Crippen LogP contribution < -0.4 is 5.32 Å². The molecule has 1 aromatic heterocycles. The van der Waals surface area contributed by atoms with Crippen molar-refractivity contribution in [1.82, 2.24) is 15.1 Å². The third-order valence-corrected chi connectivity index (χ3v) is 7.90. The van der Waals surface area contributed by atoms with E-state index in [4.69, 9.17) is 11.6 Å². The predicted molar refractivity (Wildman–Crippen MR) is 143 cm³/mol. The van der Waals surface area contributed by atoms with Gasteiger partial charge in [0.25, 0.3) is 5.91 Å². The van der Waals surface area contributed by atoms with Gasteiger partial charge in [-0.15, -0.1) is 0 Å². The van der Waals surface area contributed by atoms with E-state index in [0.29, 0.717) is 33.1 Å². The average molecular weight is 536 g/mol. The molecular formula is C28H23ClFN3O3S. The lowest BCUT2D eigenvalue weighted by Crippen LogP contribution is -2.29. The molecule has 1 amide bonds. The molecule has 1 atom stereocenters. The molecular weight excluding hydrogens is 513 g/mol. The first-order valence-electron chi connectivity index (χ1n) is 11.6. The van der Waals surface area contributed by atoms with E-state index in [1.165, 1.54) is 12.1 Å². The minimum Gasteiger partial charge on any atom is -0.344 e. The molecule has 0 saturated carbocycles. The number of carbonyl (C=O) groups is 1. The van der Waals surface area contributed by atoms with Crippen molar-refractivity contribution >= 4 is 39.0 Å². The monoisotopic (exact) mass is 535 g/mol. The van der Waals surface area contributed by atoms with Crippen LogP contribution in [-0.2, 0) is 15.6 Å². The van der Waals surface area contributed by atoms with Crippen LogP contribution in [0.2, 0.25) is 5.02 Å². The molecule has 0 unspecified atom stereocenters. The molecule has 0 spiro atoms. The van der Waals surface area contributed by atoms with Gasteiger partial charge in [0.1, 0.15) is 5.82 Å². The Morgan fingerprint density at radius 1 is 1.03 bits per heavy atom. The number of sulfone groups is 1. The molecule has 1 aliphatic heterocycles. The van der Waals surface area contributed by atoms with Crippen molar-refractivity contribution in [2.75, 3.05) is 5.75 Å². The van der Waals surface area contributed by atoms with E-state index in [9.17, 15) is 17.6 Å². The van der Waals surface area contributed by atoms with Crippen molar-refractivity contribution < 1.29 is 17.6 Å². The van der Waals surface area contributed by atoms with Crippen molar-refractivity contribution in [2.45, 2.75) is 18.7 Å². The van der Waals surface area contributed by atoms with Crippen LogP contribution in [0.1, 0.15) is 45.8 Å². The first-order chi connectivity index (χ1) is 17.7. The number of nitrogens with zero attached hydrogens (tertiary/aromatic N) is 2. The Morgan fingerprint density at radius 3 is 2.38 bits per heavy atom. The summed E-state index contributed by atoms with van der Waals surface area (Å²) in [5, 5.41) is 8.08. The van der Waals surface area contributed by atoms with Gasteiger partial charge in [0.2, 0.25) is 0 Å². The van der Waals surface area contributed by atoms with Gasteiger partial charge in [0.15, 0.2) is 15.5 Å². The molecule has 9 heteroatoms. The highest BCUT2D eigenvalue weighted by molar-refractivity contribution is 7.91. The maximum atomic E-state index is 13.5. The van der Waals surface area contributed by atoms with Crippen LogP contribution in [0.15, 0.2) is 78.9 Å².